The van der Waals surface area contributed by atoms with Crippen LogP contribution in [0.25, 0.3) is 11.1 Å². The number of hydrogen-bond donors (Lipinski definition) is 2. The normalized spacial score (nSPS) is 11.3. The van der Waals surface area contributed by atoms with Crippen LogP contribution in [0, 0.1) is 5.92 Å². The lowest BCUT2D eigenvalue weighted by Crippen LogP contribution is -2.20. The molecule has 0 fully saturated rings. The molecule has 0 aromatic heterocycles. The van der Waals surface area contributed by atoms with Gasteiger partial charge in [-0.05, 0) is 47.9 Å². The highest BCUT2D eigenvalue weighted by Crippen LogP contribution is 2.19. The zero-order valence-corrected chi connectivity index (χ0v) is 17.3. The van der Waals surface area contributed by atoms with Crippen LogP contribution >= 0.6 is 0 Å². The van der Waals surface area contributed by atoms with Crippen LogP contribution in [0.1, 0.15) is 36.7 Å². The molecule has 0 bridgehead atoms. The molecule has 0 spiro atoms. The molecule has 30 heavy (non-hydrogen) atoms. The van der Waals surface area contributed by atoms with Gasteiger partial charge in [-0.3, -0.25) is 9.59 Å². The van der Waals surface area contributed by atoms with Gasteiger partial charge in [0.1, 0.15) is 0 Å². The van der Waals surface area contributed by atoms with E-state index >= 15 is 0 Å². The second-order valence-electron chi connectivity index (χ2n) is 7.30. The van der Waals surface area contributed by atoms with Crippen molar-refractivity contribution < 1.29 is 9.59 Å². The van der Waals surface area contributed by atoms with Crippen molar-refractivity contribution in [2.45, 2.75) is 20.8 Å². The lowest BCUT2D eigenvalue weighted by atomic mass is 10.0. The highest BCUT2D eigenvalue weighted by Gasteiger charge is 2.09. The van der Waals surface area contributed by atoms with Crippen LogP contribution in [0.5, 0.6) is 0 Å². The molecule has 0 aliphatic carbocycles. The summed E-state index contributed by atoms with van der Waals surface area (Å²) in [5.41, 5.74) is 7.63. The molecule has 0 atom stereocenters. The molecule has 5 nitrogen and oxygen atoms in total. The molecule has 5 heteroatoms. The Kier molecular flexibility index (Phi) is 6.75. The van der Waals surface area contributed by atoms with E-state index in [2.05, 4.69) is 28.0 Å². The molecule has 0 radical (unpaired) electrons. The summed E-state index contributed by atoms with van der Waals surface area (Å²) in [5.74, 6) is -0.477. The molecule has 0 unspecified atom stereocenters. The van der Waals surface area contributed by atoms with Gasteiger partial charge >= 0.3 is 0 Å². The number of hydrogen-bond acceptors (Lipinski definition) is 3. The average molecular weight is 399 g/mol. The lowest BCUT2D eigenvalue weighted by Gasteiger charge is -2.08. The highest BCUT2D eigenvalue weighted by molar-refractivity contribution is 6.01. The van der Waals surface area contributed by atoms with Crippen LogP contribution in [0.4, 0.5) is 5.69 Å². The summed E-state index contributed by atoms with van der Waals surface area (Å²) in [6.07, 6.45) is 0. The number of nitrogens with zero attached hydrogens (tertiary/aromatic N) is 1. The highest BCUT2D eigenvalue weighted by atomic mass is 16.2. The third-order valence-corrected chi connectivity index (χ3v) is 4.67. The molecular weight excluding hydrogens is 374 g/mol. The zero-order valence-electron chi connectivity index (χ0n) is 17.3. The van der Waals surface area contributed by atoms with Gasteiger partial charge in [0.25, 0.3) is 5.91 Å². The van der Waals surface area contributed by atoms with Crippen LogP contribution in [0.2, 0.25) is 0 Å². The fourth-order valence-corrected chi connectivity index (χ4v) is 2.79. The van der Waals surface area contributed by atoms with E-state index < -0.39 is 0 Å². The predicted molar refractivity (Wildman–Crippen MR) is 121 cm³/mol. The first-order valence-corrected chi connectivity index (χ1v) is 9.85. The fourth-order valence-electron chi connectivity index (χ4n) is 2.79. The second-order valence-corrected chi connectivity index (χ2v) is 7.30. The molecule has 3 aromatic carbocycles. The first-order valence-electron chi connectivity index (χ1n) is 9.85. The summed E-state index contributed by atoms with van der Waals surface area (Å²) in [5, 5.41) is 7.01. The van der Waals surface area contributed by atoms with E-state index in [0.717, 1.165) is 16.7 Å². The Morgan fingerprint density at radius 2 is 1.33 bits per heavy atom. The van der Waals surface area contributed by atoms with E-state index in [9.17, 15) is 9.59 Å². The Balaban J connectivity index is 1.62. The number of anilines is 1. The number of carbonyl (C=O) groups excluding carboxylic acids is 2. The monoisotopic (exact) mass is 399 g/mol. The summed E-state index contributed by atoms with van der Waals surface area (Å²) in [6.45, 7) is 5.50. The molecule has 152 valence electrons. The molecule has 2 N–H and O–H groups in total. The summed E-state index contributed by atoms with van der Waals surface area (Å²) in [4.78, 5) is 24.1. The van der Waals surface area contributed by atoms with E-state index in [-0.39, 0.29) is 17.7 Å². The minimum Gasteiger partial charge on any atom is -0.326 e. The molecule has 0 heterocycles. The van der Waals surface area contributed by atoms with Crippen LogP contribution in [-0.2, 0) is 4.79 Å². The van der Waals surface area contributed by atoms with Gasteiger partial charge in [-0.25, -0.2) is 5.43 Å². The molecule has 3 aromatic rings. The van der Waals surface area contributed by atoms with Gasteiger partial charge in [0, 0.05) is 17.2 Å². The van der Waals surface area contributed by atoms with Gasteiger partial charge in [0.15, 0.2) is 0 Å². The number of amides is 2. The molecule has 3 rings (SSSR count). The van der Waals surface area contributed by atoms with Gasteiger partial charge in [-0.2, -0.15) is 5.10 Å². The van der Waals surface area contributed by atoms with Crippen LogP contribution in [0.3, 0.4) is 0 Å². The standard InChI is InChI=1S/C25H25N3O2/c1-17(2)24(29)26-23-15-13-22(14-16-23)25(30)28-27-18(3)19-9-11-21(12-10-19)20-7-5-4-6-8-20/h4-17H,1-3H3,(H,26,29)(H,28,30). The van der Waals surface area contributed by atoms with Crippen molar-refractivity contribution in [3.8, 4) is 11.1 Å². The third kappa shape index (κ3) is 5.41. The molecule has 0 saturated carbocycles. The van der Waals surface area contributed by atoms with Gasteiger partial charge in [-0.15, -0.1) is 0 Å². The van der Waals surface area contributed by atoms with Gasteiger partial charge in [0.05, 0.1) is 5.71 Å². The summed E-state index contributed by atoms with van der Waals surface area (Å²) in [6, 6.07) is 24.9. The van der Waals surface area contributed by atoms with Crippen molar-refractivity contribution in [1.82, 2.24) is 5.43 Å². The first kappa shape index (κ1) is 21.0. The number of rotatable bonds is 6. The van der Waals surface area contributed by atoms with Crippen LogP contribution in [-0.4, -0.2) is 17.5 Å². The maximum absolute atomic E-state index is 12.4. The number of carbonyl (C=O) groups is 2. The van der Waals surface area contributed by atoms with E-state index in [1.807, 2.05) is 63.2 Å². The molecule has 0 saturated heterocycles. The minimum absolute atomic E-state index is 0.0642. The van der Waals surface area contributed by atoms with Crippen molar-refractivity contribution in [2.75, 3.05) is 5.32 Å². The summed E-state index contributed by atoms with van der Waals surface area (Å²) in [7, 11) is 0. The SMILES string of the molecule is CC(=NNC(=O)c1ccc(NC(=O)C(C)C)cc1)c1ccc(-c2ccccc2)cc1. The van der Waals surface area contributed by atoms with Crippen LogP contribution < -0.4 is 10.7 Å². The van der Waals surface area contributed by atoms with E-state index in [1.54, 1.807) is 24.3 Å². The Labute approximate surface area is 176 Å². The fraction of sp³-hybridized carbons (Fsp3) is 0.160. The van der Waals surface area contributed by atoms with Crippen molar-refractivity contribution in [2.24, 2.45) is 11.0 Å². The predicted octanol–water partition coefficient (Wildman–Crippen LogP) is 5.10. The topological polar surface area (TPSA) is 70.6 Å². The lowest BCUT2D eigenvalue weighted by molar-refractivity contribution is -0.118. The largest absolute Gasteiger partial charge is 0.326 e. The van der Waals surface area contributed by atoms with E-state index in [4.69, 9.17) is 0 Å². The maximum atomic E-state index is 12.4. The molecular formula is C25H25N3O2. The Bertz CT molecular complexity index is 1040. The Morgan fingerprint density at radius 1 is 0.767 bits per heavy atom. The number of benzene rings is 3. The number of hydrazone groups is 1. The van der Waals surface area contributed by atoms with Crippen molar-refractivity contribution >= 4 is 23.2 Å². The molecule has 0 aliphatic heterocycles. The van der Waals surface area contributed by atoms with Crippen molar-refractivity contribution in [3.05, 3.63) is 90.0 Å². The number of nitrogens with one attached hydrogen (secondary N) is 2. The van der Waals surface area contributed by atoms with E-state index in [1.165, 1.54) is 0 Å². The third-order valence-electron chi connectivity index (χ3n) is 4.67. The van der Waals surface area contributed by atoms with Crippen molar-refractivity contribution in [1.29, 1.82) is 0 Å². The summed E-state index contributed by atoms with van der Waals surface area (Å²) >= 11 is 0. The van der Waals surface area contributed by atoms with Crippen molar-refractivity contribution in [3.63, 3.8) is 0 Å². The van der Waals surface area contributed by atoms with Crippen LogP contribution in [0.15, 0.2) is 84.0 Å². The van der Waals surface area contributed by atoms with Gasteiger partial charge in [-0.1, -0.05) is 68.4 Å². The first-order chi connectivity index (χ1) is 14.4. The smallest absolute Gasteiger partial charge is 0.271 e. The molecule has 0 aliphatic rings. The molecule has 2 amide bonds. The Morgan fingerprint density at radius 3 is 1.93 bits per heavy atom. The van der Waals surface area contributed by atoms with Gasteiger partial charge < -0.3 is 5.32 Å². The Hall–Kier alpha value is -3.73. The minimum atomic E-state index is -0.308. The van der Waals surface area contributed by atoms with Gasteiger partial charge in [0.2, 0.25) is 5.91 Å². The van der Waals surface area contributed by atoms with E-state index in [0.29, 0.717) is 17.0 Å². The average Bonchev–Trinajstić information content (AvgIpc) is 2.78. The quantitative estimate of drug-likeness (QED) is 0.447. The maximum Gasteiger partial charge on any atom is 0.271 e. The second kappa shape index (κ2) is 9.65. The summed E-state index contributed by atoms with van der Waals surface area (Å²) < 4.78 is 0. The zero-order chi connectivity index (χ0) is 21.5.